The predicted molar refractivity (Wildman–Crippen MR) is 111 cm³/mol. The van der Waals surface area contributed by atoms with Crippen molar-refractivity contribution in [2.45, 2.75) is 39.2 Å². The molecule has 0 unspecified atom stereocenters. The van der Waals surface area contributed by atoms with Crippen LogP contribution in [0.15, 0.2) is 65.2 Å². The third kappa shape index (κ3) is 3.71. The van der Waals surface area contributed by atoms with Crippen molar-refractivity contribution in [2.24, 2.45) is 0 Å². The molecule has 7 heteroatoms. The van der Waals surface area contributed by atoms with E-state index in [1.54, 1.807) is 0 Å². The summed E-state index contributed by atoms with van der Waals surface area (Å²) < 4.78 is 19.1. The van der Waals surface area contributed by atoms with Crippen LogP contribution in [0.3, 0.4) is 0 Å². The van der Waals surface area contributed by atoms with Crippen molar-refractivity contribution in [3.05, 3.63) is 71.9 Å². The van der Waals surface area contributed by atoms with Crippen LogP contribution in [-0.2, 0) is 17.9 Å². The molecule has 0 spiro atoms. The first kappa shape index (κ1) is 18.6. The molecule has 0 N–H and O–H groups in total. The smallest absolute Gasteiger partial charge is 0.278 e. The lowest BCUT2D eigenvalue weighted by molar-refractivity contribution is -0.00113. The highest BCUT2D eigenvalue weighted by Crippen LogP contribution is 2.29. The van der Waals surface area contributed by atoms with E-state index in [4.69, 9.17) is 14.0 Å². The van der Waals surface area contributed by atoms with Gasteiger partial charge >= 0.3 is 0 Å². The second-order valence-electron chi connectivity index (χ2n) is 7.53. The predicted octanol–water partition coefficient (Wildman–Crippen LogP) is 4.66. The lowest BCUT2D eigenvalue weighted by Crippen LogP contribution is -2.21. The van der Waals surface area contributed by atoms with Gasteiger partial charge in [0.05, 0.1) is 24.9 Å². The van der Waals surface area contributed by atoms with Crippen LogP contribution in [-0.4, -0.2) is 26.0 Å². The summed E-state index contributed by atoms with van der Waals surface area (Å²) in [5.74, 6) is 1.73. The van der Waals surface area contributed by atoms with Gasteiger partial charge in [0.15, 0.2) is 5.69 Å². The van der Waals surface area contributed by atoms with Gasteiger partial charge < -0.3 is 14.0 Å². The Morgan fingerprint density at radius 2 is 1.87 bits per heavy atom. The molecule has 0 fully saturated rings. The molecule has 30 heavy (non-hydrogen) atoms. The van der Waals surface area contributed by atoms with Crippen LogP contribution in [0.4, 0.5) is 0 Å². The van der Waals surface area contributed by atoms with Gasteiger partial charge in [-0.1, -0.05) is 35.5 Å². The lowest BCUT2D eigenvalue weighted by Gasteiger charge is -2.24. The number of benzene rings is 2. The summed E-state index contributed by atoms with van der Waals surface area (Å²) in [6, 6.07) is 19.8. The fraction of sp³-hybridized carbons (Fsp3) is 0.261. The molecule has 7 nitrogen and oxygen atoms in total. The Bertz CT molecular complexity index is 1130. The lowest BCUT2D eigenvalue weighted by atomic mass is 10.1. The van der Waals surface area contributed by atoms with Crippen LogP contribution in [0, 0.1) is 0 Å². The zero-order valence-electron chi connectivity index (χ0n) is 16.9. The van der Waals surface area contributed by atoms with Crippen LogP contribution in [0.25, 0.3) is 23.0 Å². The van der Waals surface area contributed by atoms with Crippen molar-refractivity contribution in [2.75, 3.05) is 0 Å². The third-order valence-electron chi connectivity index (χ3n) is 4.94. The summed E-state index contributed by atoms with van der Waals surface area (Å²) >= 11 is 0. The highest BCUT2D eigenvalue weighted by molar-refractivity contribution is 5.59. The van der Waals surface area contributed by atoms with E-state index in [9.17, 15) is 0 Å². The quantitative estimate of drug-likeness (QED) is 0.483. The number of hydrogen-bond acceptors (Lipinski definition) is 6. The molecule has 0 amide bonds. The van der Waals surface area contributed by atoms with E-state index < -0.39 is 0 Å². The Labute approximate surface area is 174 Å². The standard InChI is InChI=1S/C23H22N4O3/c1-15(2)29-19-10-8-17(9-11-19)22-24-23(30-26-22)20-12-18-14-28-21(13-27(18)25-20)16-6-4-3-5-7-16/h3-12,15,21H,13-14H2,1-2H3/t21-/m1/s1. The first-order chi connectivity index (χ1) is 14.7. The van der Waals surface area contributed by atoms with E-state index in [0.29, 0.717) is 30.6 Å². The molecule has 0 radical (unpaired) electrons. The molecule has 0 saturated carbocycles. The topological polar surface area (TPSA) is 75.2 Å². The van der Waals surface area contributed by atoms with Gasteiger partial charge in [0.2, 0.25) is 5.82 Å². The van der Waals surface area contributed by atoms with Gasteiger partial charge in [-0.2, -0.15) is 10.1 Å². The first-order valence-electron chi connectivity index (χ1n) is 10.00. The number of rotatable bonds is 5. The molecule has 4 aromatic rings. The van der Waals surface area contributed by atoms with Gasteiger partial charge in [0.1, 0.15) is 11.9 Å². The van der Waals surface area contributed by atoms with Crippen LogP contribution in [0.1, 0.15) is 31.2 Å². The molecule has 5 rings (SSSR count). The largest absolute Gasteiger partial charge is 0.491 e. The zero-order chi connectivity index (χ0) is 20.5. The summed E-state index contributed by atoms with van der Waals surface area (Å²) in [5, 5.41) is 8.79. The summed E-state index contributed by atoms with van der Waals surface area (Å²) in [6.45, 7) is 5.14. The molecule has 0 aliphatic carbocycles. The van der Waals surface area contributed by atoms with Gasteiger partial charge in [-0.15, -0.1) is 0 Å². The molecule has 1 aliphatic rings. The fourth-order valence-electron chi connectivity index (χ4n) is 3.50. The normalized spacial score (nSPS) is 15.9. The molecule has 2 aromatic carbocycles. The monoisotopic (exact) mass is 402 g/mol. The average Bonchev–Trinajstić information content (AvgIpc) is 3.41. The number of nitrogens with zero attached hydrogens (tertiary/aromatic N) is 4. The van der Waals surface area contributed by atoms with Crippen molar-refractivity contribution >= 4 is 0 Å². The van der Waals surface area contributed by atoms with Gasteiger partial charge in [-0.25, -0.2) is 0 Å². The van der Waals surface area contributed by atoms with Gasteiger partial charge in [0.25, 0.3) is 5.89 Å². The molecule has 152 valence electrons. The van der Waals surface area contributed by atoms with Gasteiger partial charge in [0, 0.05) is 5.56 Å². The Morgan fingerprint density at radius 1 is 1.07 bits per heavy atom. The molecule has 3 heterocycles. The van der Waals surface area contributed by atoms with Crippen molar-refractivity contribution < 1.29 is 14.0 Å². The molecule has 0 saturated heterocycles. The summed E-state index contributed by atoms with van der Waals surface area (Å²) in [5.41, 5.74) is 3.65. The van der Waals surface area contributed by atoms with Crippen LogP contribution < -0.4 is 4.74 Å². The van der Waals surface area contributed by atoms with Gasteiger partial charge in [-0.3, -0.25) is 4.68 Å². The Kier molecular flexibility index (Phi) is 4.80. The molecule has 1 atom stereocenters. The van der Waals surface area contributed by atoms with E-state index in [0.717, 1.165) is 22.6 Å². The maximum Gasteiger partial charge on any atom is 0.278 e. The third-order valence-corrected chi connectivity index (χ3v) is 4.94. The maximum atomic E-state index is 6.01. The number of aromatic nitrogens is 4. The maximum absolute atomic E-state index is 6.01. The SMILES string of the molecule is CC(C)Oc1ccc(-c2noc(-c3cc4n(n3)C[C@H](c3ccccc3)OC4)n2)cc1. The van der Waals surface area contributed by atoms with Crippen molar-refractivity contribution in [1.82, 2.24) is 19.9 Å². The van der Waals surface area contributed by atoms with Crippen molar-refractivity contribution in [3.63, 3.8) is 0 Å². The molecular weight excluding hydrogens is 380 g/mol. The van der Waals surface area contributed by atoms with Crippen LogP contribution in [0.2, 0.25) is 0 Å². The molecular formula is C23H22N4O3. The molecule has 1 aliphatic heterocycles. The molecule has 2 aromatic heterocycles. The Balaban J connectivity index is 1.34. The highest BCUT2D eigenvalue weighted by atomic mass is 16.5. The second-order valence-corrected chi connectivity index (χ2v) is 7.53. The minimum atomic E-state index is -0.0173. The van der Waals surface area contributed by atoms with Crippen LogP contribution >= 0.6 is 0 Å². The van der Waals surface area contributed by atoms with E-state index >= 15 is 0 Å². The average molecular weight is 402 g/mol. The summed E-state index contributed by atoms with van der Waals surface area (Å²) in [7, 11) is 0. The van der Waals surface area contributed by atoms with E-state index in [2.05, 4.69) is 27.4 Å². The van der Waals surface area contributed by atoms with E-state index in [-0.39, 0.29) is 12.2 Å². The zero-order valence-corrected chi connectivity index (χ0v) is 16.9. The van der Waals surface area contributed by atoms with Gasteiger partial charge in [-0.05, 0) is 49.7 Å². The van der Waals surface area contributed by atoms with Crippen molar-refractivity contribution in [1.29, 1.82) is 0 Å². The molecule has 0 bridgehead atoms. The number of hydrogen-bond donors (Lipinski definition) is 0. The fourth-order valence-corrected chi connectivity index (χ4v) is 3.50. The summed E-state index contributed by atoms with van der Waals surface area (Å²) in [6.07, 6.45) is 0.112. The number of ether oxygens (including phenoxy) is 2. The second kappa shape index (κ2) is 7.76. The highest BCUT2D eigenvalue weighted by Gasteiger charge is 2.24. The Hall–Kier alpha value is -3.45. The van der Waals surface area contributed by atoms with Crippen LogP contribution in [0.5, 0.6) is 5.75 Å². The minimum Gasteiger partial charge on any atom is -0.491 e. The minimum absolute atomic E-state index is 0.0173. The summed E-state index contributed by atoms with van der Waals surface area (Å²) in [4.78, 5) is 4.53. The van der Waals surface area contributed by atoms with Crippen molar-refractivity contribution in [3.8, 4) is 28.7 Å². The number of fused-ring (bicyclic) bond motifs is 1. The Morgan fingerprint density at radius 3 is 2.63 bits per heavy atom. The van der Waals surface area contributed by atoms with E-state index in [1.165, 1.54) is 0 Å². The van der Waals surface area contributed by atoms with E-state index in [1.807, 2.05) is 67.1 Å². The first-order valence-corrected chi connectivity index (χ1v) is 10.00.